The molecule has 2 atom stereocenters. The van der Waals surface area contributed by atoms with Gasteiger partial charge in [0, 0.05) is 23.0 Å². The zero-order valence-corrected chi connectivity index (χ0v) is 20.2. The van der Waals surface area contributed by atoms with Gasteiger partial charge in [0.1, 0.15) is 4.88 Å². The Morgan fingerprint density at radius 3 is 2.56 bits per heavy atom. The van der Waals surface area contributed by atoms with Crippen LogP contribution in [-0.2, 0) is 16.0 Å². The SMILES string of the molecule is CCCCCC(O)c1ccc(N2C(=O)CC2CCCc2ccc(C(=O)OC(C)C)s2)cc1. The Labute approximate surface area is 195 Å². The molecule has 1 N–H and O–H groups in total. The van der Waals surface area contributed by atoms with E-state index in [9.17, 15) is 14.7 Å². The van der Waals surface area contributed by atoms with Crippen molar-refractivity contribution in [2.45, 2.75) is 90.4 Å². The third kappa shape index (κ3) is 6.42. The van der Waals surface area contributed by atoms with Crippen LogP contribution in [0.2, 0.25) is 0 Å². The van der Waals surface area contributed by atoms with Crippen LogP contribution < -0.4 is 4.90 Å². The number of hydrogen-bond acceptors (Lipinski definition) is 5. The zero-order valence-electron chi connectivity index (χ0n) is 19.4. The summed E-state index contributed by atoms with van der Waals surface area (Å²) in [5.41, 5.74) is 1.82. The van der Waals surface area contributed by atoms with E-state index in [0.717, 1.165) is 56.2 Å². The van der Waals surface area contributed by atoms with E-state index in [1.807, 2.05) is 55.1 Å². The van der Waals surface area contributed by atoms with Crippen LogP contribution in [0, 0.1) is 0 Å². The van der Waals surface area contributed by atoms with Crippen molar-refractivity contribution in [3.05, 3.63) is 51.7 Å². The highest BCUT2D eigenvalue weighted by molar-refractivity contribution is 7.13. The van der Waals surface area contributed by atoms with E-state index < -0.39 is 6.10 Å². The number of carbonyl (C=O) groups is 2. The number of aliphatic hydroxyl groups excluding tert-OH is 1. The number of unbranched alkanes of at least 4 members (excludes halogenated alkanes) is 2. The topological polar surface area (TPSA) is 66.8 Å². The standard InChI is InChI=1S/C26H35NO4S/c1-4-5-6-10-23(28)19-11-13-20(14-12-19)27-21(17-25(27)29)8-7-9-22-15-16-24(32-22)26(30)31-18(2)3/h11-16,18,21,23,28H,4-10,17H2,1-3H3. The summed E-state index contributed by atoms with van der Waals surface area (Å²) in [6.45, 7) is 5.85. The lowest BCUT2D eigenvalue weighted by Gasteiger charge is -2.40. The Hall–Kier alpha value is -2.18. The molecule has 1 aromatic carbocycles. The number of rotatable bonds is 12. The van der Waals surface area contributed by atoms with Crippen LogP contribution in [0.5, 0.6) is 0 Å². The second kappa shape index (κ2) is 11.6. The first-order valence-corrected chi connectivity index (χ1v) is 12.6. The molecule has 0 aliphatic carbocycles. The Bertz CT molecular complexity index is 889. The first kappa shape index (κ1) is 24.5. The van der Waals surface area contributed by atoms with Crippen LogP contribution in [0.4, 0.5) is 5.69 Å². The monoisotopic (exact) mass is 457 g/mol. The Morgan fingerprint density at radius 2 is 1.91 bits per heavy atom. The fourth-order valence-electron chi connectivity index (χ4n) is 4.09. The molecule has 2 heterocycles. The van der Waals surface area contributed by atoms with Crippen LogP contribution >= 0.6 is 11.3 Å². The highest BCUT2D eigenvalue weighted by atomic mass is 32.1. The molecule has 2 unspecified atom stereocenters. The lowest BCUT2D eigenvalue weighted by Crippen LogP contribution is -2.52. The summed E-state index contributed by atoms with van der Waals surface area (Å²) in [5.74, 6) is -0.105. The van der Waals surface area contributed by atoms with Crippen molar-refractivity contribution in [2.24, 2.45) is 0 Å². The molecule has 0 saturated carbocycles. The Morgan fingerprint density at radius 1 is 1.16 bits per heavy atom. The van der Waals surface area contributed by atoms with Gasteiger partial charge >= 0.3 is 5.97 Å². The van der Waals surface area contributed by atoms with Crippen molar-refractivity contribution >= 4 is 28.9 Å². The maximum absolute atomic E-state index is 12.3. The predicted molar refractivity (Wildman–Crippen MR) is 129 cm³/mol. The maximum Gasteiger partial charge on any atom is 0.348 e. The number of nitrogens with zero attached hydrogens (tertiary/aromatic N) is 1. The maximum atomic E-state index is 12.3. The lowest BCUT2D eigenvalue weighted by atomic mass is 9.94. The molecule has 174 valence electrons. The second-order valence-corrected chi connectivity index (χ2v) is 10.0. The summed E-state index contributed by atoms with van der Waals surface area (Å²) in [6, 6.07) is 11.8. The summed E-state index contributed by atoms with van der Waals surface area (Å²) in [4.78, 5) is 28.0. The molecule has 1 aliphatic rings. The first-order valence-electron chi connectivity index (χ1n) is 11.8. The lowest BCUT2D eigenvalue weighted by molar-refractivity contribution is -0.124. The summed E-state index contributed by atoms with van der Waals surface area (Å²) in [6.07, 6.45) is 6.88. The summed E-state index contributed by atoms with van der Waals surface area (Å²) < 4.78 is 5.25. The number of β-lactam (4-membered cyclic amide) rings is 1. The van der Waals surface area contributed by atoms with Crippen LogP contribution in [0.25, 0.3) is 0 Å². The van der Waals surface area contributed by atoms with Gasteiger partial charge in [0.2, 0.25) is 5.91 Å². The van der Waals surface area contributed by atoms with Crippen LogP contribution in [0.3, 0.4) is 0 Å². The molecule has 0 bridgehead atoms. The van der Waals surface area contributed by atoms with E-state index in [1.165, 1.54) is 16.2 Å². The quantitative estimate of drug-likeness (QED) is 0.239. The zero-order chi connectivity index (χ0) is 23.1. The van der Waals surface area contributed by atoms with Gasteiger partial charge in [-0.15, -0.1) is 11.3 Å². The van der Waals surface area contributed by atoms with Crippen LogP contribution in [0.15, 0.2) is 36.4 Å². The minimum absolute atomic E-state index is 0.117. The molecule has 0 spiro atoms. The number of ether oxygens (including phenoxy) is 1. The predicted octanol–water partition coefficient (Wildman–Crippen LogP) is 6.06. The normalized spacial score (nSPS) is 16.8. The van der Waals surface area contributed by atoms with Gasteiger partial charge < -0.3 is 14.7 Å². The third-order valence-electron chi connectivity index (χ3n) is 5.85. The fraction of sp³-hybridized carbons (Fsp3) is 0.538. The van der Waals surface area contributed by atoms with E-state index in [0.29, 0.717) is 11.3 Å². The van der Waals surface area contributed by atoms with Gasteiger partial charge in [-0.3, -0.25) is 4.79 Å². The molecule has 1 aliphatic heterocycles. The molecule has 5 nitrogen and oxygen atoms in total. The van der Waals surface area contributed by atoms with Gasteiger partial charge in [0.25, 0.3) is 0 Å². The molecular formula is C26H35NO4S. The summed E-state index contributed by atoms with van der Waals surface area (Å²) in [5, 5.41) is 10.3. The molecular weight excluding hydrogens is 422 g/mol. The molecule has 1 aromatic heterocycles. The molecule has 32 heavy (non-hydrogen) atoms. The fourth-order valence-corrected chi connectivity index (χ4v) is 5.02. The molecule has 2 aromatic rings. The van der Waals surface area contributed by atoms with Crippen molar-refractivity contribution in [3.63, 3.8) is 0 Å². The molecule has 3 rings (SSSR count). The van der Waals surface area contributed by atoms with Crippen LogP contribution in [-0.4, -0.2) is 29.1 Å². The average Bonchev–Trinajstić information content (AvgIpc) is 3.22. The first-order chi connectivity index (χ1) is 15.4. The van der Waals surface area contributed by atoms with E-state index >= 15 is 0 Å². The number of amides is 1. The Kier molecular flexibility index (Phi) is 8.88. The number of thiophene rings is 1. The van der Waals surface area contributed by atoms with Crippen molar-refractivity contribution in [3.8, 4) is 0 Å². The van der Waals surface area contributed by atoms with Crippen molar-refractivity contribution in [1.29, 1.82) is 0 Å². The molecule has 1 fully saturated rings. The van der Waals surface area contributed by atoms with Gasteiger partial charge in [-0.05, 0) is 69.4 Å². The smallest absolute Gasteiger partial charge is 0.348 e. The van der Waals surface area contributed by atoms with Crippen molar-refractivity contribution in [1.82, 2.24) is 0 Å². The minimum atomic E-state index is -0.438. The van der Waals surface area contributed by atoms with Gasteiger partial charge in [-0.2, -0.15) is 0 Å². The largest absolute Gasteiger partial charge is 0.459 e. The highest BCUT2D eigenvalue weighted by Gasteiger charge is 2.36. The van der Waals surface area contributed by atoms with Crippen molar-refractivity contribution < 1.29 is 19.4 Å². The van der Waals surface area contributed by atoms with E-state index in [2.05, 4.69) is 6.92 Å². The van der Waals surface area contributed by atoms with Gasteiger partial charge in [-0.1, -0.05) is 38.3 Å². The van der Waals surface area contributed by atoms with E-state index in [4.69, 9.17) is 4.74 Å². The number of esters is 1. The summed E-state index contributed by atoms with van der Waals surface area (Å²) in [7, 11) is 0. The second-order valence-electron chi connectivity index (χ2n) is 8.84. The third-order valence-corrected chi connectivity index (χ3v) is 6.97. The van der Waals surface area contributed by atoms with Gasteiger partial charge in [0.05, 0.1) is 12.2 Å². The van der Waals surface area contributed by atoms with E-state index in [-0.39, 0.29) is 24.0 Å². The number of aryl methyl sites for hydroxylation is 1. The molecule has 1 amide bonds. The number of aliphatic hydroxyl groups is 1. The number of carbonyl (C=O) groups excluding carboxylic acids is 2. The molecule has 1 saturated heterocycles. The Balaban J connectivity index is 1.49. The number of hydrogen-bond donors (Lipinski definition) is 1. The number of benzene rings is 1. The van der Waals surface area contributed by atoms with Gasteiger partial charge in [0.15, 0.2) is 0 Å². The minimum Gasteiger partial charge on any atom is -0.459 e. The molecule has 0 radical (unpaired) electrons. The molecule has 6 heteroatoms. The van der Waals surface area contributed by atoms with Gasteiger partial charge in [-0.25, -0.2) is 4.79 Å². The average molecular weight is 458 g/mol. The number of anilines is 1. The summed E-state index contributed by atoms with van der Waals surface area (Å²) >= 11 is 1.49. The highest BCUT2D eigenvalue weighted by Crippen LogP contribution is 2.32. The van der Waals surface area contributed by atoms with Crippen LogP contribution in [0.1, 0.15) is 91.9 Å². The van der Waals surface area contributed by atoms with Crippen molar-refractivity contribution in [2.75, 3.05) is 4.90 Å². The van der Waals surface area contributed by atoms with E-state index in [1.54, 1.807) is 0 Å².